The summed E-state index contributed by atoms with van der Waals surface area (Å²) >= 11 is 1.30. The van der Waals surface area contributed by atoms with E-state index in [4.69, 9.17) is 0 Å². The third-order valence-corrected chi connectivity index (χ3v) is 6.61. The van der Waals surface area contributed by atoms with Crippen LogP contribution in [-0.4, -0.2) is 20.7 Å². The van der Waals surface area contributed by atoms with Crippen LogP contribution in [0.1, 0.15) is 33.0 Å². The molecule has 0 fully saturated rings. The fourth-order valence-electron chi connectivity index (χ4n) is 3.87. The Hall–Kier alpha value is -3.32. The van der Waals surface area contributed by atoms with E-state index in [9.17, 15) is 13.6 Å². The van der Waals surface area contributed by atoms with Crippen LogP contribution in [0.2, 0.25) is 0 Å². The molecule has 1 aliphatic rings. The minimum atomic E-state index is -0.716. The number of aryl methyl sites for hydroxylation is 2. The molecule has 4 aromatic rings. The second-order valence-corrected chi connectivity index (χ2v) is 8.45. The highest BCUT2D eigenvalue weighted by atomic mass is 32.1. The lowest BCUT2D eigenvalue weighted by molar-refractivity contribution is 0.0990. The number of hydrogen-bond donors (Lipinski definition) is 0. The van der Waals surface area contributed by atoms with E-state index in [-0.39, 0.29) is 22.8 Å². The molecule has 0 radical (unpaired) electrons. The van der Waals surface area contributed by atoms with Gasteiger partial charge in [0.1, 0.15) is 18.0 Å². The summed E-state index contributed by atoms with van der Waals surface area (Å²) in [6, 6.07) is 9.85. The van der Waals surface area contributed by atoms with Crippen LogP contribution in [0.3, 0.4) is 0 Å². The number of aromatic nitrogens is 3. The SMILES string of the molecule is O=C(Cc1c(F)cccc1F)c1nc2c(s1)-c1cc(-c3cncnc3)ccc1CCC2. The number of Topliss-reactive ketones (excluding diaryl/α,β-unsaturated/α-hetero) is 1. The third kappa shape index (κ3) is 3.77. The van der Waals surface area contributed by atoms with Crippen LogP contribution in [0.25, 0.3) is 21.6 Å². The van der Waals surface area contributed by atoms with Crippen LogP contribution in [-0.2, 0) is 19.3 Å². The van der Waals surface area contributed by atoms with Gasteiger partial charge in [0.15, 0.2) is 10.8 Å². The molecular weight excluding hydrogens is 416 g/mol. The molecular formula is C24H17F2N3OS. The van der Waals surface area contributed by atoms with Crippen LogP contribution >= 0.6 is 11.3 Å². The Morgan fingerprint density at radius 1 is 1.00 bits per heavy atom. The maximum Gasteiger partial charge on any atom is 0.195 e. The van der Waals surface area contributed by atoms with Crippen molar-refractivity contribution >= 4 is 17.1 Å². The van der Waals surface area contributed by atoms with Crippen LogP contribution in [0, 0.1) is 11.6 Å². The van der Waals surface area contributed by atoms with E-state index in [1.807, 2.05) is 0 Å². The number of carbonyl (C=O) groups excluding carboxylic acids is 1. The van der Waals surface area contributed by atoms with Gasteiger partial charge in [-0.25, -0.2) is 23.7 Å². The normalized spacial score (nSPS) is 12.7. The summed E-state index contributed by atoms with van der Waals surface area (Å²) in [5.41, 5.74) is 4.78. The van der Waals surface area contributed by atoms with Crippen molar-refractivity contribution in [3.05, 3.63) is 88.6 Å². The van der Waals surface area contributed by atoms with Crippen molar-refractivity contribution in [1.29, 1.82) is 0 Å². The number of fused-ring (bicyclic) bond motifs is 3. The molecule has 0 saturated heterocycles. The highest BCUT2D eigenvalue weighted by Crippen LogP contribution is 2.39. The summed E-state index contributed by atoms with van der Waals surface area (Å²) in [6.07, 6.45) is 7.27. The van der Waals surface area contributed by atoms with E-state index in [1.54, 1.807) is 12.4 Å². The summed E-state index contributed by atoms with van der Waals surface area (Å²) in [5.74, 6) is -1.81. The largest absolute Gasteiger partial charge is 0.291 e. The molecule has 4 nitrogen and oxygen atoms in total. The van der Waals surface area contributed by atoms with Crippen LogP contribution in [0.15, 0.2) is 55.1 Å². The molecule has 0 saturated carbocycles. The van der Waals surface area contributed by atoms with Crippen molar-refractivity contribution in [1.82, 2.24) is 15.0 Å². The van der Waals surface area contributed by atoms with Gasteiger partial charge in [-0.3, -0.25) is 4.79 Å². The van der Waals surface area contributed by atoms with E-state index < -0.39 is 11.6 Å². The molecule has 0 atom stereocenters. The second-order valence-electron chi connectivity index (χ2n) is 7.45. The molecule has 2 heterocycles. The molecule has 1 aliphatic carbocycles. The summed E-state index contributed by atoms with van der Waals surface area (Å²) in [5, 5.41) is 0.286. The number of thiazole rings is 1. The van der Waals surface area contributed by atoms with Crippen molar-refractivity contribution in [2.45, 2.75) is 25.7 Å². The zero-order valence-electron chi connectivity index (χ0n) is 16.4. The highest BCUT2D eigenvalue weighted by Gasteiger charge is 2.24. The van der Waals surface area contributed by atoms with Gasteiger partial charge in [-0.05, 0) is 54.2 Å². The van der Waals surface area contributed by atoms with E-state index in [0.717, 1.165) is 58.7 Å². The van der Waals surface area contributed by atoms with Gasteiger partial charge in [-0.1, -0.05) is 18.2 Å². The number of carbonyl (C=O) groups is 1. The van der Waals surface area contributed by atoms with Crippen LogP contribution < -0.4 is 0 Å². The molecule has 5 rings (SSSR count). The lowest BCUT2D eigenvalue weighted by Crippen LogP contribution is -2.07. The summed E-state index contributed by atoms with van der Waals surface area (Å²) in [4.78, 5) is 26.5. The average Bonchev–Trinajstić information content (AvgIpc) is 3.14. The number of ketones is 1. The number of halogens is 2. The summed E-state index contributed by atoms with van der Waals surface area (Å²) < 4.78 is 28.0. The number of rotatable bonds is 4. The smallest absolute Gasteiger partial charge is 0.195 e. The summed E-state index contributed by atoms with van der Waals surface area (Å²) in [7, 11) is 0. The molecule has 0 spiro atoms. The Labute approximate surface area is 181 Å². The molecule has 0 bridgehead atoms. The van der Waals surface area contributed by atoms with Crippen molar-refractivity contribution in [3.8, 4) is 21.6 Å². The van der Waals surface area contributed by atoms with Crippen molar-refractivity contribution in [3.63, 3.8) is 0 Å². The van der Waals surface area contributed by atoms with Gasteiger partial charge in [0.05, 0.1) is 10.6 Å². The molecule has 0 unspecified atom stereocenters. The topological polar surface area (TPSA) is 55.7 Å². The lowest BCUT2D eigenvalue weighted by atomic mass is 9.98. The van der Waals surface area contributed by atoms with Gasteiger partial charge in [0, 0.05) is 29.9 Å². The average molecular weight is 433 g/mol. The van der Waals surface area contributed by atoms with Crippen molar-refractivity contribution < 1.29 is 13.6 Å². The van der Waals surface area contributed by atoms with Crippen LogP contribution in [0.4, 0.5) is 8.78 Å². The first-order valence-corrected chi connectivity index (χ1v) is 10.8. The fraction of sp³-hybridized carbons (Fsp3) is 0.167. The Bertz CT molecular complexity index is 1270. The first-order chi connectivity index (χ1) is 15.1. The minimum Gasteiger partial charge on any atom is -0.291 e. The fourth-order valence-corrected chi connectivity index (χ4v) is 4.97. The lowest BCUT2D eigenvalue weighted by Gasteiger charge is -2.09. The number of benzene rings is 2. The third-order valence-electron chi connectivity index (χ3n) is 5.44. The highest BCUT2D eigenvalue weighted by molar-refractivity contribution is 7.17. The number of nitrogens with zero attached hydrogens (tertiary/aromatic N) is 3. The molecule has 154 valence electrons. The molecule has 0 amide bonds. The maximum absolute atomic E-state index is 14.0. The predicted octanol–water partition coefficient (Wildman–Crippen LogP) is 5.46. The van der Waals surface area contributed by atoms with E-state index in [2.05, 4.69) is 33.2 Å². The number of hydrogen-bond acceptors (Lipinski definition) is 5. The monoisotopic (exact) mass is 433 g/mol. The summed E-state index contributed by atoms with van der Waals surface area (Å²) in [6.45, 7) is 0. The molecule has 2 aromatic carbocycles. The Kier molecular flexibility index (Phi) is 5.11. The first-order valence-electron chi connectivity index (χ1n) is 9.94. The molecule has 0 aliphatic heterocycles. The molecule has 31 heavy (non-hydrogen) atoms. The second kappa shape index (κ2) is 8.07. The van der Waals surface area contributed by atoms with Crippen LogP contribution in [0.5, 0.6) is 0 Å². The Morgan fingerprint density at radius 3 is 2.55 bits per heavy atom. The van der Waals surface area contributed by atoms with E-state index >= 15 is 0 Å². The molecule has 2 aromatic heterocycles. The molecule has 0 N–H and O–H groups in total. The minimum absolute atomic E-state index is 0.218. The standard InChI is InChI=1S/C24H17F2N3OS/c25-19-4-2-5-20(26)18(19)10-22(30)24-29-21-6-1-3-14-7-8-15(9-17(14)23(21)31-24)16-11-27-13-28-12-16/h2,4-5,7-9,11-13H,1,3,6,10H2. The zero-order chi connectivity index (χ0) is 21.4. The van der Waals surface area contributed by atoms with Gasteiger partial charge in [0.25, 0.3) is 0 Å². The predicted molar refractivity (Wildman–Crippen MR) is 115 cm³/mol. The van der Waals surface area contributed by atoms with Gasteiger partial charge in [-0.15, -0.1) is 11.3 Å². The van der Waals surface area contributed by atoms with Gasteiger partial charge in [-0.2, -0.15) is 0 Å². The van der Waals surface area contributed by atoms with Gasteiger partial charge >= 0.3 is 0 Å². The Morgan fingerprint density at radius 2 is 1.77 bits per heavy atom. The van der Waals surface area contributed by atoms with Crippen molar-refractivity contribution in [2.24, 2.45) is 0 Å². The van der Waals surface area contributed by atoms with E-state index in [1.165, 1.54) is 29.3 Å². The molecule has 7 heteroatoms. The van der Waals surface area contributed by atoms with Gasteiger partial charge < -0.3 is 0 Å². The quantitative estimate of drug-likeness (QED) is 0.401. The maximum atomic E-state index is 14.0. The van der Waals surface area contributed by atoms with E-state index in [0.29, 0.717) is 0 Å². The zero-order valence-corrected chi connectivity index (χ0v) is 17.3. The first kappa shape index (κ1) is 19.6. The Balaban J connectivity index is 1.53. The van der Waals surface area contributed by atoms with Gasteiger partial charge in [0.2, 0.25) is 0 Å². The van der Waals surface area contributed by atoms with Crippen molar-refractivity contribution in [2.75, 3.05) is 0 Å².